The zero-order valence-electron chi connectivity index (χ0n) is 48.7. The lowest BCUT2D eigenvalue weighted by Crippen LogP contribution is -2.61. The third kappa shape index (κ3) is 31.6. The number of primary amides is 1. The van der Waals surface area contributed by atoms with Gasteiger partial charge in [-0.15, -0.1) is 0 Å². The van der Waals surface area contributed by atoms with Crippen molar-refractivity contribution in [3.8, 4) is 0 Å². The molecule has 0 aliphatic heterocycles. The third-order valence-electron chi connectivity index (χ3n) is 12.6. The zero-order chi connectivity index (χ0) is 59.1. The van der Waals surface area contributed by atoms with Crippen molar-refractivity contribution in [2.24, 2.45) is 41.2 Å². The molecule has 0 aromatic rings. The Kier molecular flexibility index (Phi) is 35.6. The summed E-state index contributed by atoms with van der Waals surface area (Å²) in [4.78, 5) is 134. The molecule has 0 aromatic carbocycles. The van der Waals surface area contributed by atoms with Crippen molar-refractivity contribution in [2.45, 2.75) is 247 Å². The summed E-state index contributed by atoms with van der Waals surface area (Å²) in [5.41, 5.74) is 5.46. The molecule has 0 fully saturated rings. The van der Waals surface area contributed by atoms with Crippen LogP contribution in [0.4, 0.5) is 0 Å². The number of aliphatic carboxylic acids is 1. The molecule has 0 radical (unpaired) electrons. The number of nitrogens with one attached hydrogen (secondary N) is 8. The van der Waals surface area contributed by atoms with Gasteiger partial charge in [-0.05, 0) is 80.5 Å². The molecule has 13 N–H and O–H groups in total. The van der Waals surface area contributed by atoms with E-state index in [0.29, 0.717) is 6.42 Å². The molecular weight excluding hydrogens is 995 g/mol. The highest BCUT2D eigenvalue weighted by Gasteiger charge is 2.36. The summed E-state index contributed by atoms with van der Waals surface area (Å²) in [6.07, 6.45) is 6.66. The Morgan fingerprint density at radius 2 is 0.753 bits per heavy atom. The van der Waals surface area contributed by atoms with Gasteiger partial charge in [0.2, 0.25) is 53.2 Å². The van der Waals surface area contributed by atoms with Crippen LogP contribution >= 0.6 is 0 Å². The Morgan fingerprint density at radius 1 is 0.416 bits per heavy atom. The maximum absolute atomic E-state index is 14.1. The van der Waals surface area contributed by atoms with Crippen molar-refractivity contribution in [3.63, 3.8) is 0 Å². The van der Waals surface area contributed by atoms with Crippen LogP contribution in [0, 0.1) is 35.5 Å². The topological polar surface area (TPSA) is 354 Å². The van der Waals surface area contributed by atoms with Crippen LogP contribution in [0.15, 0.2) is 0 Å². The van der Waals surface area contributed by atoms with E-state index in [4.69, 9.17) is 5.73 Å². The van der Waals surface area contributed by atoms with E-state index in [9.17, 15) is 63.3 Å². The van der Waals surface area contributed by atoms with Gasteiger partial charge in [0, 0.05) is 6.42 Å². The average Bonchev–Trinajstić information content (AvgIpc) is 3.30. The lowest BCUT2D eigenvalue weighted by molar-refractivity contribution is -0.143. The molecule has 77 heavy (non-hydrogen) atoms. The zero-order valence-corrected chi connectivity index (χ0v) is 48.7. The normalized spacial score (nSPS) is 15.1. The molecule has 0 unspecified atom stereocenters. The second-order valence-corrected chi connectivity index (χ2v) is 23.2. The summed E-state index contributed by atoms with van der Waals surface area (Å²) in [5, 5.41) is 51.5. The fourth-order valence-electron chi connectivity index (χ4n) is 8.57. The van der Waals surface area contributed by atoms with Gasteiger partial charge in [-0.2, -0.15) is 0 Å². The molecule has 0 saturated carbocycles. The van der Waals surface area contributed by atoms with E-state index >= 15 is 0 Å². The maximum Gasteiger partial charge on any atom is 0.326 e. The minimum atomic E-state index is -1.65. The monoisotopic (exact) mass is 1100 g/mol. The minimum Gasteiger partial charge on any atom is -0.480 e. The highest BCUT2D eigenvalue weighted by atomic mass is 16.4. The highest BCUT2D eigenvalue weighted by Crippen LogP contribution is 2.16. The molecule has 0 aromatic heterocycles. The van der Waals surface area contributed by atoms with Gasteiger partial charge in [0.05, 0.1) is 19.1 Å². The summed E-state index contributed by atoms with van der Waals surface area (Å²) in [6.45, 7) is 22.5. The number of rotatable bonds is 41. The van der Waals surface area contributed by atoms with Crippen molar-refractivity contribution >= 4 is 59.1 Å². The Bertz CT molecular complexity index is 1860. The van der Waals surface area contributed by atoms with Gasteiger partial charge in [0.25, 0.3) is 0 Å². The number of carbonyl (C=O) groups excluding carboxylic acids is 9. The first kappa shape index (κ1) is 71.6. The van der Waals surface area contributed by atoms with Crippen molar-refractivity contribution in [1.29, 1.82) is 0 Å². The lowest BCUT2D eigenvalue weighted by atomic mass is 9.98. The molecule has 444 valence electrons. The molecule has 0 aliphatic carbocycles. The number of aliphatic hydroxyl groups excluding tert-OH is 2. The number of hydrogen-bond acceptors (Lipinski definition) is 12. The van der Waals surface area contributed by atoms with Crippen molar-refractivity contribution in [2.75, 3.05) is 6.61 Å². The molecule has 0 saturated heterocycles. The van der Waals surface area contributed by atoms with Gasteiger partial charge in [-0.3, -0.25) is 43.2 Å². The molecule has 22 heteroatoms. The van der Waals surface area contributed by atoms with Crippen LogP contribution in [0.5, 0.6) is 0 Å². The van der Waals surface area contributed by atoms with Gasteiger partial charge in [0.15, 0.2) is 0 Å². The van der Waals surface area contributed by atoms with E-state index in [2.05, 4.69) is 49.5 Å². The highest BCUT2D eigenvalue weighted by molar-refractivity contribution is 5.98. The van der Waals surface area contributed by atoms with Crippen molar-refractivity contribution in [3.05, 3.63) is 0 Å². The van der Waals surface area contributed by atoms with Crippen molar-refractivity contribution < 1.29 is 63.3 Å². The standard InChI is InChI=1S/C55H101N9O13/c1-14-15-16-17-18-19-20-21-37(66)29-46(68)57-39(24-31(2)3)49(70)60-40(25-32(4)5)50(71)58-38(22-23-45(56)67)48(69)59-41(26-33(6)7)52(73)63-44(30-65)53(74)64-47(36(12)13)54(75)61-42(27-34(8)9)51(72)62-43(55(76)77)28-35(10)11/h31-44,47,65-66H,14-30H2,1-13H3,(H2,56,67)(H,57,68)(H,58,71)(H,59,69)(H,60,70)(H,61,75)(H,62,72)(H,63,73)(H,64,74)(H,76,77)/t37-,38-,39+,40+,41+,42-,43+,44-,47+/m1/s1. The van der Waals surface area contributed by atoms with E-state index in [1.54, 1.807) is 41.5 Å². The van der Waals surface area contributed by atoms with Gasteiger partial charge < -0.3 is 63.6 Å². The second-order valence-electron chi connectivity index (χ2n) is 23.2. The van der Waals surface area contributed by atoms with Crippen LogP contribution < -0.4 is 48.3 Å². The molecule has 0 aliphatic rings. The fraction of sp³-hybridized carbons (Fsp3) is 0.818. The number of amides is 9. The Balaban J connectivity index is 6.37. The largest absolute Gasteiger partial charge is 0.480 e. The lowest BCUT2D eigenvalue weighted by Gasteiger charge is -2.29. The summed E-state index contributed by atoms with van der Waals surface area (Å²) in [6, 6.07) is -10.5. The van der Waals surface area contributed by atoms with E-state index in [-0.39, 0.29) is 81.0 Å². The Hall–Kier alpha value is -5.38. The van der Waals surface area contributed by atoms with Crippen LogP contribution in [0.2, 0.25) is 0 Å². The number of hydrogen-bond donors (Lipinski definition) is 12. The first-order valence-corrected chi connectivity index (χ1v) is 28.1. The summed E-state index contributed by atoms with van der Waals surface area (Å²) >= 11 is 0. The smallest absolute Gasteiger partial charge is 0.326 e. The minimum absolute atomic E-state index is 0.00476. The third-order valence-corrected chi connectivity index (χ3v) is 12.6. The molecule has 0 bridgehead atoms. The molecular formula is C55H101N9O13. The number of aliphatic hydroxyl groups is 2. The first-order valence-electron chi connectivity index (χ1n) is 28.1. The predicted molar refractivity (Wildman–Crippen MR) is 294 cm³/mol. The van der Waals surface area contributed by atoms with Gasteiger partial charge in [0.1, 0.15) is 48.3 Å². The fourth-order valence-corrected chi connectivity index (χ4v) is 8.57. The predicted octanol–water partition coefficient (Wildman–Crippen LogP) is 2.99. The molecule has 0 rings (SSSR count). The SMILES string of the molecule is CCCCCCCCC[C@@H](O)CC(=O)N[C@@H](CC(C)C)C(=O)N[C@@H](CC(C)C)C(=O)N[C@H](CCC(N)=O)C(=O)N[C@@H](CC(C)C)C(=O)N[C@H](CO)C(=O)N[C@H](C(=O)N[C@H](CC(C)C)C(=O)N[C@@H](CC(C)C)C(=O)O)C(C)C. The number of carboxylic acid groups (broad SMARTS) is 1. The van der Waals surface area contributed by atoms with Gasteiger partial charge >= 0.3 is 5.97 Å². The van der Waals surface area contributed by atoms with Gasteiger partial charge in [-0.25, -0.2) is 4.79 Å². The molecule has 9 atom stereocenters. The Morgan fingerprint density at radius 3 is 1.14 bits per heavy atom. The van der Waals surface area contributed by atoms with Crippen LogP contribution in [-0.2, 0) is 47.9 Å². The number of nitrogens with two attached hydrogens (primary N) is 1. The molecule has 0 heterocycles. The van der Waals surface area contributed by atoms with Crippen molar-refractivity contribution in [1.82, 2.24) is 42.5 Å². The van der Waals surface area contributed by atoms with E-state index in [1.807, 2.05) is 41.5 Å². The second kappa shape index (κ2) is 38.2. The summed E-state index contributed by atoms with van der Waals surface area (Å²) in [5.74, 6) is -9.53. The first-order chi connectivity index (χ1) is 35.9. The Labute approximate surface area is 458 Å². The van der Waals surface area contributed by atoms with E-state index < -0.39 is 126 Å². The van der Waals surface area contributed by atoms with Crippen LogP contribution in [0.1, 0.15) is 193 Å². The van der Waals surface area contributed by atoms with E-state index in [1.165, 1.54) is 12.8 Å². The molecule has 9 amide bonds. The number of carbonyl (C=O) groups is 10. The maximum atomic E-state index is 14.1. The van der Waals surface area contributed by atoms with Crippen LogP contribution in [0.25, 0.3) is 0 Å². The van der Waals surface area contributed by atoms with Gasteiger partial charge in [-0.1, -0.05) is 135 Å². The van der Waals surface area contributed by atoms with E-state index in [0.717, 1.165) is 32.1 Å². The van der Waals surface area contributed by atoms with Crippen LogP contribution in [0.3, 0.4) is 0 Å². The number of unbranched alkanes of at least 4 members (excludes halogenated alkanes) is 6. The molecule has 22 nitrogen and oxygen atoms in total. The summed E-state index contributed by atoms with van der Waals surface area (Å²) < 4.78 is 0. The molecule has 0 spiro atoms. The quantitative estimate of drug-likeness (QED) is 0.0393. The summed E-state index contributed by atoms with van der Waals surface area (Å²) in [7, 11) is 0. The average molecular weight is 1100 g/mol. The van der Waals surface area contributed by atoms with Crippen LogP contribution in [-0.4, -0.2) is 135 Å². The number of carboxylic acids is 1.